The summed E-state index contributed by atoms with van der Waals surface area (Å²) in [5, 5.41) is 16.4. The van der Waals surface area contributed by atoms with Gasteiger partial charge in [-0.25, -0.2) is 5.43 Å². The molecule has 1 unspecified atom stereocenters. The number of rotatable bonds is 9. The van der Waals surface area contributed by atoms with Gasteiger partial charge in [-0.05, 0) is 45.6 Å². The SMILES string of the molecule is C/C=C/CCN[C@H](C(=O)N[C@@H](C)C(=O)N1CCCC(C(=O)O)N1)C(C)C. The lowest BCUT2D eigenvalue weighted by atomic mass is 10.0. The van der Waals surface area contributed by atoms with Crippen LogP contribution in [0.1, 0.15) is 47.0 Å². The predicted molar refractivity (Wildman–Crippen MR) is 99.2 cm³/mol. The van der Waals surface area contributed by atoms with E-state index in [0.29, 0.717) is 25.9 Å². The molecule has 1 rings (SSSR count). The number of carbonyl (C=O) groups excluding carboxylic acids is 2. The average Bonchev–Trinajstić information content (AvgIpc) is 2.60. The van der Waals surface area contributed by atoms with E-state index in [4.69, 9.17) is 5.11 Å². The van der Waals surface area contributed by atoms with Gasteiger partial charge in [-0.2, -0.15) is 0 Å². The third-order valence-corrected chi connectivity index (χ3v) is 4.34. The van der Waals surface area contributed by atoms with Gasteiger partial charge in [0.2, 0.25) is 5.91 Å². The number of amides is 2. The summed E-state index contributed by atoms with van der Waals surface area (Å²) >= 11 is 0. The summed E-state index contributed by atoms with van der Waals surface area (Å²) in [4.78, 5) is 36.2. The highest BCUT2D eigenvalue weighted by molar-refractivity contribution is 5.89. The molecule has 0 saturated carbocycles. The van der Waals surface area contributed by atoms with E-state index in [1.165, 1.54) is 5.01 Å². The average molecular weight is 368 g/mol. The Balaban J connectivity index is 2.59. The Morgan fingerprint density at radius 2 is 2.00 bits per heavy atom. The zero-order chi connectivity index (χ0) is 19.7. The van der Waals surface area contributed by atoms with E-state index in [1.54, 1.807) is 6.92 Å². The predicted octanol–water partition coefficient (Wildman–Crippen LogP) is 0.652. The lowest BCUT2D eigenvalue weighted by Crippen LogP contribution is -2.60. The van der Waals surface area contributed by atoms with E-state index in [-0.39, 0.29) is 17.7 Å². The van der Waals surface area contributed by atoms with Crippen molar-refractivity contribution in [3.8, 4) is 0 Å². The third-order valence-electron chi connectivity index (χ3n) is 4.34. The summed E-state index contributed by atoms with van der Waals surface area (Å²) in [5.74, 6) is -1.47. The standard InChI is InChI=1S/C18H32N4O4/c1-5-6-7-10-19-15(12(2)3)16(23)20-13(4)17(24)22-11-8-9-14(21-22)18(25)26/h5-6,12-15,19,21H,7-11H2,1-4H3,(H,20,23)(H,25,26)/b6-5+/t13-,14?,15-/m0/s1. The molecule has 148 valence electrons. The summed E-state index contributed by atoms with van der Waals surface area (Å²) < 4.78 is 0. The van der Waals surface area contributed by atoms with Crippen LogP contribution in [0.4, 0.5) is 0 Å². The largest absolute Gasteiger partial charge is 0.480 e. The zero-order valence-electron chi connectivity index (χ0n) is 16.1. The van der Waals surface area contributed by atoms with Crippen molar-refractivity contribution in [1.82, 2.24) is 21.1 Å². The molecule has 0 radical (unpaired) electrons. The molecular weight excluding hydrogens is 336 g/mol. The number of hydrogen-bond acceptors (Lipinski definition) is 5. The van der Waals surface area contributed by atoms with E-state index in [9.17, 15) is 14.4 Å². The maximum absolute atomic E-state index is 12.5. The van der Waals surface area contributed by atoms with E-state index in [2.05, 4.69) is 16.1 Å². The molecule has 1 saturated heterocycles. The van der Waals surface area contributed by atoms with Gasteiger partial charge < -0.3 is 15.7 Å². The molecule has 0 aliphatic carbocycles. The van der Waals surface area contributed by atoms with Crippen molar-refractivity contribution in [2.75, 3.05) is 13.1 Å². The summed E-state index contributed by atoms with van der Waals surface area (Å²) in [6.07, 6.45) is 5.90. The number of hydrogen-bond donors (Lipinski definition) is 4. The zero-order valence-corrected chi connectivity index (χ0v) is 16.1. The fourth-order valence-corrected chi connectivity index (χ4v) is 2.84. The van der Waals surface area contributed by atoms with Crippen LogP contribution >= 0.6 is 0 Å². The normalized spacial score (nSPS) is 20.2. The lowest BCUT2D eigenvalue weighted by molar-refractivity contribution is -0.148. The summed E-state index contributed by atoms with van der Waals surface area (Å²) in [5.41, 5.74) is 2.72. The Kier molecular flexibility index (Phi) is 9.29. The number of carboxylic acid groups (broad SMARTS) is 1. The molecule has 0 aromatic heterocycles. The van der Waals surface area contributed by atoms with Crippen LogP contribution < -0.4 is 16.1 Å². The maximum Gasteiger partial charge on any atom is 0.322 e. The van der Waals surface area contributed by atoms with E-state index in [0.717, 1.165) is 6.42 Å². The fourth-order valence-electron chi connectivity index (χ4n) is 2.84. The molecule has 1 heterocycles. The van der Waals surface area contributed by atoms with Crippen LogP contribution in [0, 0.1) is 5.92 Å². The molecule has 3 atom stereocenters. The summed E-state index contributed by atoms with van der Waals surface area (Å²) in [6.45, 7) is 8.56. The van der Waals surface area contributed by atoms with Crippen LogP contribution in [-0.2, 0) is 14.4 Å². The van der Waals surface area contributed by atoms with Crippen LogP contribution in [-0.4, -0.2) is 59.1 Å². The molecule has 1 aliphatic heterocycles. The van der Waals surface area contributed by atoms with Gasteiger partial charge >= 0.3 is 5.97 Å². The first-order valence-corrected chi connectivity index (χ1v) is 9.23. The number of hydrazine groups is 1. The minimum absolute atomic E-state index is 0.0763. The first-order valence-electron chi connectivity index (χ1n) is 9.23. The van der Waals surface area contributed by atoms with Gasteiger partial charge in [0.25, 0.3) is 5.91 Å². The topological polar surface area (TPSA) is 111 Å². The van der Waals surface area contributed by atoms with E-state index < -0.39 is 24.1 Å². The molecular formula is C18H32N4O4. The van der Waals surface area contributed by atoms with Crippen LogP contribution in [0.3, 0.4) is 0 Å². The van der Waals surface area contributed by atoms with Gasteiger partial charge in [-0.3, -0.25) is 19.4 Å². The van der Waals surface area contributed by atoms with Crippen molar-refractivity contribution in [2.45, 2.75) is 65.1 Å². The highest BCUT2D eigenvalue weighted by Crippen LogP contribution is 2.09. The van der Waals surface area contributed by atoms with Crippen LogP contribution in [0.25, 0.3) is 0 Å². The number of carboxylic acids is 1. The second kappa shape index (κ2) is 10.9. The molecule has 1 fully saturated rings. The van der Waals surface area contributed by atoms with Gasteiger partial charge in [0.05, 0.1) is 6.04 Å². The molecule has 2 amide bonds. The van der Waals surface area contributed by atoms with Crippen molar-refractivity contribution < 1.29 is 19.5 Å². The van der Waals surface area contributed by atoms with Gasteiger partial charge in [0.1, 0.15) is 12.1 Å². The number of aliphatic carboxylic acids is 1. The molecule has 4 N–H and O–H groups in total. The highest BCUT2D eigenvalue weighted by Gasteiger charge is 2.31. The van der Waals surface area contributed by atoms with Crippen LogP contribution in [0.2, 0.25) is 0 Å². The maximum atomic E-state index is 12.5. The minimum Gasteiger partial charge on any atom is -0.480 e. The van der Waals surface area contributed by atoms with Crippen molar-refractivity contribution in [2.24, 2.45) is 5.92 Å². The Morgan fingerprint density at radius 3 is 2.58 bits per heavy atom. The molecule has 0 bridgehead atoms. The van der Waals surface area contributed by atoms with Crippen molar-refractivity contribution in [3.63, 3.8) is 0 Å². The minimum atomic E-state index is -0.982. The van der Waals surface area contributed by atoms with E-state index in [1.807, 2.05) is 32.9 Å². The number of carbonyl (C=O) groups is 3. The van der Waals surface area contributed by atoms with Gasteiger partial charge in [0, 0.05) is 6.54 Å². The Bertz CT molecular complexity index is 521. The number of nitrogens with one attached hydrogen (secondary N) is 3. The van der Waals surface area contributed by atoms with Crippen molar-refractivity contribution in [3.05, 3.63) is 12.2 Å². The van der Waals surface area contributed by atoms with Crippen LogP contribution in [0.15, 0.2) is 12.2 Å². The highest BCUT2D eigenvalue weighted by atomic mass is 16.4. The third kappa shape index (κ3) is 6.76. The Hall–Kier alpha value is -1.93. The number of nitrogens with zero attached hydrogens (tertiary/aromatic N) is 1. The molecule has 26 heavy (non-hydrogen) atoms. The van der Waals surface area contributed by atoms with Crippen molar-refractivity contribution >= 4 is 17.8 Å². The molecule has 0 spiro atoms. The summed E-state index contributed by atoms with van der Waals surface area (Å²) in [7, 11) is 0. The van der Waals surface area contributed by atoms with Crippen LogP contribution in [0.5, 0.6) is 0 Å². The quantitative estimate of drug-likeness (QED) is 0.351. The molecule has 8 nitrogen and oxygen atoms in total. The monoisotopic (exact) mass is 368 g/mol. The molecule has 1 aliphatic rings. The Morgan fingerprint density at radius 1 is 1.31 bits per heavy atom. The second-order valence-corrected chi connectivity index (χ2v) is 6.92. The molecule has 0 aromatic carbocycles. The number of allylic oxidation sites excluding steroid dienone is 1. The van der Waals surface area contributed by atoms with Gasteiger partial charge in [0.15, 0.2) is 0 Å². The summed E-state index contributed by atoms with van der Waals surface area (Å²) in [6, 6.07) is -1.90. The first-order chi connectivity index (χ1) is 12.3. The Labute approximate surface area is 155 Å². The molecule has 0 aromatic rings. The smallest absolute Gasteiger partial charge is 0.322 e. The first kappa shape index (κ1) is 22.1. The van der Waals surface area contributed by atoms with Gasteiger partial charge in [-0.1, -0.05) is 26.0 Å². The fraction of sp³-hybridized carbons (Fsp3) is 0.722. The van der Waals surface area contributed by atoms with Gasteiger partial charge in [-0.15, -0.1) is 0 Å². The lowest BCUT2D eigenvalue weighted by Gasteiger charge is -2.34. The second-order valence-electron chi connectivity index (χ2n) is 6.92. The van der Waals surface area contributed by atoms with E-state index >= 15 is 0 Å². The van der Waals surface area contributed by atoms with Crippen molar-refractivity contribution in [1.29, 1.82) is 0 Å². The molecule has 8 heteroatoms.